The van der Waals surface area contributed by atoms with Crippen molar-refractivity contribution in [3.8, 4) is 11.8 Å². The van der Waals surface area contributed by atoms with E-state index in [2.05, 4.69) is 21.9 Å². The number of amides is 2. The van der Waals surface area contributed by atoms with E-state index in [1.165, 1.54) is 36.1 Å². The quantitative estimate of drug-likeness (QED) is 0.729. The van der Waals surface area contributed by atoms with Crippen molar-refractivity contribution < 1.29 is 22.7 Å². The summed E-state index contributed by atoms with van der Waals surface area (Å²) in [6.45, 7) is 2.20. The summed E-state index contributed by atoms with van der Waals surface area (Å²) >= 11 is 0. The molecule has 0 spiro atoms. The number of carbonyl (C=O) groups is 2. The Bertz CT molecular complexity index is 1070. The molecule has 29 heavy (non-hydrogen) atoms. The van der Waals surface area contributed by atoms with Crippen molar-refractivity contribution in [3.05, 3.63) is 54.1 Å². The summed E-state index contributed by atoms with van der Waals surface area (Å²) in [7, 11) is -3.71. The molecule has 0 unspecified atom stereocenters. The van der Waals surface area contributed by atoms with E-state index in [4.69, 9.17) is 4.74 Å². The summed E-state index contributed by atoms with van der Waals surface area (Å²) in [5.41, 5.74) is 1.93. The van der Waals surface area contributed by atoms with Gasteiger partial charge in [0.1, 0.15) is 6.61 Å². The first kappa shape index (κ1) is 20.4. The molecule has 150 valence electrons. The number of anilines is 2. The zero-order valence-electron chi connectivity index (χ0n) is 15.6. The van der Waals surface area contributed by atoms with Crippen LogP contribution < -0.4 is 14.9 Å². The van der Waals surface area contributed by atoms with Crippen molar-refractivity contribution in [3.63, 3.8) is 0 Å². The third-order valence-electron chi connectivity index (χ3n) is 4.01. The van der Waals surface area contributed by atoms with Crippen molar-refractivity contribution in [2.45, 2.75) is 11.8 Å². The minimum Gasteiger partial charge on any atom is -0.447 e. The van der Waals surface area contributed by atoms with Gasteiger partial charge in [0.2, 0.25) is 15.9 Å². The first-order chi connectivity index (χ1) is 13.8. The van der Waals surface area contributed by atoms with Crippen LogP contribution in [-0.2, 0) is 19.6 Å². The Morgan fingerprint density at radius 2 is 1.83 bits per heavy atom. The van der Waals surface area contributed by atoms with Gasteiger partial charge in [0, 0.05) is 23.9 Å². The summed E-state index contributed by atoms with van der Waals surface area (Å²) in [5, 5.41) is 2.57. The number of rotatable bonds is 5. The van der Waals surface area contributed by atoms with Gasteiger partial charge in [-0.05, 0) is 48.5 Å². The van der Waals surface area contributed by atoms with Gasteiger partial charge in [0.05, 0.1) is 18.0 Å². The maximum atomic E-state index is 12.3. The van der Waals surface area contributed by atoms with Crippen LogP contribution in [-0.4, -0.2) is 40.1 Å². The number of cyclic esters (lactones) is 1. The molecule has 1 heterocycles. The van der Waals surface area contributed by atoms with Gasteiger partial charge >= 0.3 is 6.09 Å². The molecular weight excluding hydrogens is 394 g/mol. The zero-order valence-corrected chi connectivity index (χ0v) is 16.5. The van der Waals surface area contributed by atoms with E-state index >= 15 is 0 Å². The van der Waals surface area contributed by atoms with E-state index in [0.29, 0.717) is 24.4 Å². The maximum Gasteiger partial charge on any atom is 0.414 e. The molecule has 1 saturated heterocycles. The van der Waals surface area contributed by atoms with Crippen molar-refractivity contribution in [2.75, 3.05) is 29.9 Å². The van der Waals surface area contributed by atoms with E-state index < -0.39 is 10.0 Å². The van der Waals surface area contributed by atoms with Crippen molar-refractivity contribution in [1.82, 2.24) is 4.72 Å². The van der Waals surface area contributed by atoms with E-state index in [1.807, 2.05) is 0 Å². The Labute approximate surface area is 168 Å². The lowest BCUT2D eigenvalue weighted by Gasteiger charge is -2.11. The molecule has 8 nitrogen and oxygen atoms in total. The molecule has 0 saturated carbocycles. The molecule has 0 atom stereocenters. The van der Waals surface area contributed by atoms with Gasteiger partial charge in [-0.15, -0.1) is 0 Å². The smallest absolute Gasteiger partial charge is 0.414 e. The first-order valence-corrected chi connectivity index (χ1v) is 10.2. The predicted molar refractivity (Wildman–Crippen MR) is 108 cm³/mol. The predicted octanol–water partition coefficient (Wildman–Crippen LogP) is 1.93. The lowest BCUT2D eigenvalue weighted by molar-refractivity contribution is -0.114. The Balaban J connectivity index is 1.57. The Hall–Kier alpha value is -3.35. The molecule has 1 fully saturated rings. The van der Waals surface area contributed by atoms with Crippen LogP contribution in [0.3, 0.4) is 0 Å². The number of sulfonamides is 1. The van der Waals surface area contributed by atoms with Gasteiger partial charge in [-0.1, -0.05) is 11.8 Å². The second-order valence-electron chi connectivity index (χ2n) is 6.14. The van der Waals surface area contributed by atoms with Crippen LogP contribution in [0.1, 0.15) is 12.5 Å². The van der Waals surface area contributed by atoms with Gasteiger partial charge in [0.25, 0.3) is 0 Å². The highest BCUT2D eigenvalue weighted by atomic mass is 32.2. The van der Waals surface area contributed by atoms with E-state index in [-0.39, 0.29) is 23.4 Å². The maximum absolute atomic E-state index is 12.3. The molecule has 0 radical (unpaired) electrons. The lowest BCUT2D eigenvalue weighted by Crippen LogP contribution is -2.24. The molecule has 2 amide bonds. The van der Waals surface area contributed by atoms with Gasteiger partial charge in [-0.25, -0.2) is 13.2 Å². The summed E-state index contributed by atoms with van der Waals surface area (Å²) in [4.78, 5) is 24.2. The van der Waals surface area contributed by atoms with E-state index in [1.54, 1.807) is 24.3 Å². The van der Waals surface area contributed by atoms with Crippen LogP contribution in [0, 0.1) is 11.8 Å². The lowest BCUT2D eigenvalue weighted by atomic mass is 10.2. The van der Waals surface area contributed by atoms with Crippen LogP contribution in [0.4, 0.5) is 16.2 Å². The molecule has 1 aliphatic rings. The Morgan fingerprint density at radius 3 is 2.41 bits per heavy atom. The minimum atomic E-state index is -3.71. The summed E-state index contributed by atoms with van der Waals surface area (Å²) in [6, 6.07) is 12.9. The highest BCUT2D eigenvalue weighted by molar-refractivity contribution is 7.89. The number of hydrogen-bond donors (Lipinski definition) is 2. The first-order valence-electron chi connectivity index (χ1n) is 8.76. The fraction of sp³-hybridized carbons (Fsp3) is 0.200. The van der Waals surface area contributed by atoms with Crippen LogP contribution in [0.25, 0.3) is 0 Å². The Kier molecular flexibility index (Phi) is 6.16. The highest BCUT2D eigenvalue weighted by Crippen LogP contribution is 2.19. The third-order valence-corrected chi connectivity index (χ3v) is 5.43. The molecule has 2 N–H and O–H groups in total. The van der Waals surface area contributed by atoms with Gasteiger partial charge in [-0.3, -0.25) is 9.69 Å². The molecule has 2 aromatic carbocycles. The van der Waals surface area contributed by atoms with Crippen molar-refractivity contribution in [2.24, 2.45) is 0 Å². The van der Waals surface area contributed by atoms with Gasteiger partial charge in [-0.2, -0.15) is 4.72 Å². The molecule has 1 aliphatic heterocycles. The summed E-state index contributed by atoms with van der Waals surface area (Å²) in [6.07, 6.45) is -0.372. The standard InChI is InChI=1S/C20H19N3O5S/c1-15(24)22-17-6-10-19(11-7-17)29(26,27)21-12-2-3-16-4-8-18(9-5-16)23-13-14-28-20(23)25/h4-11,21H,12-14H2,1H3,(H,22,24). The number of nitrogens with zero attached hydrogens (tertiary/aromatic N) is 1. The number of ether oxygens (including phenoxy) is 1. The monoisotopic (exact) mass is 413 g/mol. The third kappa shape index (κ3) is 5.34. The zero-order chi connectivity index (χ0) is 20.9. The highest BCUT2D eigenvalue weighted by Gasteiger charge is 2.23. The fourth-order valence-electron chi connectivity index (χ4n) is 2.63. The fourth-order valence-corrected chi connectivity index (χ4v) is 3.56. The van der Waals surface area contributed by atoms with Gasteiger partial charge in [0.15, 0.2) is 0 Å². The van der Waals surface area contributed by atoms with Crippen LogP contribution in [0.15, 0.2) is 53.4 Å². The number of hydrogen-bond acceptors (Lipinski definition) is 5. The average Bonchev–Trinajstić information content (AvgIpc) is 3.12. The molecule has 0 bridgehead atoms. The number of carbonyl (C=O) groups excluding carboxylic acids is 2. The number of nitrogens with one attached hydrogen (secondary N) is 2. The van der Waals surface area contributed by atoms with Crippen LogP contribution in [0.5, 0.6) is 0 Å². The van der Waals surface area contributed by atoms with E-state index in [0.717, 1.165) is 5.69 Å². The molecule has 2 aromatic rings. The second kappa shape index (κ2) is 8.77. The van der Waals surface area contributed by atoms with Gasteiger partial charge < -0.3 is 10.1 Å². The topological polar surface area (TPSA) is 105 Å². The second-order valence-corrected chi connectivity index (χ2v) is 7.91. The largest absolute Gasteiger partial charge is 0.447 e. The SMILES string of the molecule is CC(=O)Nc1ccc(S(=O)(=O)NCC#Cc2ccc(N3CCOC3=O)cc2)cc1. The van der Waals surface area contributed by atoms with E-state index in [9.17, 15) is 18.0 Å². The molecule has 9 heteroatoms. The van der Waals surface area contributed by atoms with Crippen LogP contribution in [0.2, 0.25) is 0 Å². The molecule has 3 rings (SSSR count). The van der Waals surface area contributed by atoms with Crippen molar-refractivity contribution >= 4 is 33.4 Å². The van der Waals surface area contributed by atoms with Crippen molar-refractivity contribution in [1.29, 1.82) is 0 Å². The minimum absolute atomic E-state index is 0.0595. The molecule has 0 aromatic heterocycles. The normalized spacial score (nSPS) is 13.4. The number of benzene rings is 2. The van der Waals surface area contributed by atoms with Crippen LogP contribution >= 0.6 is 0 Å². The molecule has 0 aliphatic carbocycles. The average molecular weight is 413 g/mol. The summed E-state index contributed by atoms with van der Waals surface area (Å²) in [5.74, 6) is 5.40. The summed E-state index contributed by atoms with van der Waals surface area (Å²) < 4.78 is 31.9. The Morgan fingerprint density at radius 1 is 1.14 bits per heavy atom. The molecular formula is C20H19N3O5S.